The van der Waals surface area contributed by atoms with Crippen LogP contribution in [0.5, 0.6) is 0 Å². The summed E-state index contributed by atoms with van der Waals surface area (Å²) in [5.41, 5.74) is -0.135. The summed E-state index contributed by atoms with van der Waals surface area (Å²) in [5.74, 6) is -0.0531. The van der Waals surface area contributed by atoms with Gasteiger partial charge in [-0.2, -0.15) is 0 Å². The second-order valence-corrected chi connectivity index (χ2v) is 6.46. The van der Waals surface area contributed by atoms with Crippen molar-refractivity contribution in [2.24, 2.45) is 14.1 Å². The van der Waals surface area contributed by atoms with E-state index in [0.29, 0.717) is 24.3 Å². The summed E-state index contributed by atoms with van der Waals surface area (Å²) < 4.78 is 4.02. The minimum absolute atomic E-state index is 0.0531. The van der Waals surface area contributed by atoms with Crippen molar-refractivity contribution in [3.05, 3.63) is 27.2 Å². The van der Waals surface area contributed by atoms with Crippen LogP contribution in [0.4, 0.5) is 0 Å². The predicted molar refractivity (Wildman–Crippen MR) is 93.5 cm³/mol. The van der Waals surface area contributed by atoms with Crippen molar-refractivity contribution < 1.29 is 4.79 Å². The van der Waals surface area contributed by atoms with E-state index in [0.717, 1.165) is 24.2 Å². The van der Waals surface area contributed by atoms with Gasteiger partial charge in [0.15, 0.2) is 11.2 Å². The van der Waals surface area contributed by atoms with Crippen LogP contribution < -0.4 is 16.6 Å². The third-order valence-corrected chi connectivity index (χ3v) is 4.75. The van der Waals surface area contributed by atoms with Crippen LogP contribution in [0.3, 0.4) is 0 Å². The van der Waals surface area contributed by atoms with Crippen LogP contribution in [-0.4, -0.2) is 55.7 Å². The molecule has 0 saturated carbocycles. The number of rotatable bonds is 6. The summed E-state index contributed by atoms with van der Waals surface area (Å²) >= 11 is 0. The average molecular weight is 348 g/mol. The molecule has 1 fully saturated rings. The summed E-state index contributed by atoms with van der Waals surface area (Å²) in [7, 11) is 3.01. The van der Waals surface area contributed by atoms with Gasteiger partial charge in [-0.15, -0.1) is 0 Å². The summed E-state index contributed by atoms with van der Waals surface area (Å²) in [6, 6.07) is 0. The van der Waals surface area contributed by atoms with Gasteiger partial charge in [0.2, 0.25) is 5.91 Å². The molecular formula is C16H24N6O3. The standard InChI is InChI=1S/C16H24N6O3/c1-19-14-13(15(24)20(2)16(19)25)22(11-18-14)9-5-12(23)17-6-10-21-7-3-4-8-21/h11H,3-10H2,1-2H3,(H,17,23). The van der Waals surface area contributed by atoms with E-state index in [1.165, 1.54) is 30.8 Å². The first-order valence-electron chi connectivity index (χ1n) is 8.59. The third-order valence-electron chi connectivity index (χ3n) is 4.75. The maximum Gasteiger partial charge on any atom is 0.332 e. The largest absolute Gasteiger partial charge is 0.355 e. The van der Waals surface area contributed by atoms with Crippen molar-refractivity contribution in [2.75, 3.05) is 26.2 Å². The van der Waals surface area contributed by atoms with Crippen molar-refractivity contribution in [2.45, 2.75) is 25.8 Å². The Balaban J connectivity index is 1.62. The fourth-order valence-corrected chi connectivity index (χ4v) is 3.24. The number of hydrogen-bond donors (Lipinski definition) is 1. The molecule has 9 heteroatoms. The van der Waals surface area contributed by atoms with Crippen LogP contribution in [0.25, 0.3) is 11.2 Å². The SMILES string of the molecule is Cn1c(=O)c2c(ncn2CCC(=O)NCCN2CCCC2)n(C)c1=O. The maximum atomic E-state index is 12.3. The second kappa shape index (κ2) is 7.22. The molecule has 2 aromatic heterocycles. The van der Waals surface area contributed by atoms with Gasteiger partial charge in [-0.3, -0.25) is 18.7 Å². The molecule has 0 unspecified atom stereocenters. The van der Waals surface area contributed by atoms with Crippen molar-refractivity contribution >= 4 is 17.1 Å². The quantitative estimate of drug-likeness (QED) is 0.725. The van der Waals surface area contributed by atoms with Gasteiger partial charge in [0.1, 0.15) is 0 Å². The molecule has 3 heterocycles. The highest BCUT2D eigenvalue weighted by Crippen LogP contribution is 2.07. The Bertz CT molecular complexity index is 888. The number of aromatic nitrogens is 4. The zero-order valence-electron chi connectivity index (χ0n) is 14.7. The van der Waals surface area contributed by atoms with E-state index in [1.54, 1.807) is 11.6 Å². The molecule has 25 heavy (non-hydrogen) atoms. The molecule has 0 radical (unpaired) electrons. The molecule has 1 aliphatic rings. The molecule has 2 aromatic rings. The van der Waals surface area contributed by atoms with Gasteiger partial charge in [-0.05, 0) is 25.9 Å². The van der Waals surface area contributed by atoms with Crippen LogP contribution in [0, 0.1) is 0 Å². The molecular weight excluding hydrogens is 324 g/mol. The first-order chi connectivity index (χ1) is 12.0. The van der Waals surface area contributed by atoms with E-state index in [1.807, 2.05) is 0 Å². The maximum absolute atomic E-state index is 12.3. The van der Waals surface area contributed by atoms with E-state index >= 15 is 0 Å². The molecule has 0 aliphatic carbocycles. The summed E-state index contributed by atoms with van der Waals surface area (Å²) in [6.07, 6.45) is 4.23. The van der Waals surface area contributed by atoms with Crippen molar-refractivity contribution in [3.8, 4) is 0 Å². The number of nitrogens with zero attached hydrogens (tertiary/aromatic N) is 5. The van der Waals surface area contributed by atoms with E-state index in [9.17, 15) is 14.4 Å². The molecule has 3 rings (SSSR count). The Hall–Kier alpha value is -2.42. The lowest BCUT2D eigenvalue weighted by molar-refractivity contribution is -0.121. The number of nitrogens with one attached hydrogen (secondary N) is 1. The van der Waals surface area contributed by atoms with E-state index in [2.05, 4.69) is 15.2 Å². The van der Waals surface area contributed by atoms with Gasteiger partial charge in [0.25, 0.3) is 5.56 Å². The van der Waals surface area contributed by atoms with Crippen molar-refractivity contribution in [1.82, 2.24) is 28.9 Å². The monoisotopic (exact) mass is 348 g/mol. The third kappa shape index (κ3) is 3.51. The molecule has 0 bridgehead atoms. The van der Waals surface area contributed by atoms with Crippen molar-refractivity contribution in [3.63, 3.8) is 0 Å². The number of carbonyl (C=O) groups is 1. The van der Waals surface area contributed by atoms with Crippen LogP contribution in [0.2, 0.25) is 0 Å². The molecule has 1 aliphatic heterocycles. The molecule has 0 atom stereocenters. The Morgan fingerprint density at radius 1 is 1.16 bits per heavy atom. The van der Waals surface area contributed by atoms with Crippen LogP contribution in [0.1, 0.15) is 19.3 Å². The Morgan fingerprint density at radius 3 is 2.60 bits per heavy atom. The smallest absolute Gasteiger partial charge is 0.332 e. The fraction of sp³-hybridized carbons (Fsp3) is 0.625. The predicted octanol–water partition coefficient (Wildman–Crippen LogP) is -0.964. The number of aryl methyl sites for hydroxylation is 2. The van der Waals surface area contributed by atoms with E-state index in [4.69, 9.17) is 0 Å². The number of amides is 1. The van der Waals surface area contributed by atoms with Gasteiger partial charge < -0.3 is 14.8 Å². The normalized spacial score (nSPS) is 15.1. The molecule has 0 aromatic carbocycles. The van der Waals surface area contributed by atoms with Gasteiger partial charge >= 0.3 is 5.69 Å². The first kappa shape index (κ1) is 17.4. The van der Waals surface area contributed by atoms with Gasteiger partial charge in [0.05, 0.1) is 6.33 Å². The highest BCUT2D eigenvalue weighted by molar-refractivity contribution is 5.76. The summed E-state index contributed by atoms with van der Waals surface area (Å²) in [5, 5.41) is 2.91. The van der Waals surface area contributed by atoms with Crippen LogP contribution >= 0.6 is 0 Å². The average Bonchev–Trinajstić information content (AvgIpc) is 3.26. The van der Waals surface area contributed by atoms with Crippen LogP contribution in [-0.2, 0) is 25.4 Å². The minimum atomic E-state index is -0.414. The zero-order chi connectivity index (χ0) is 18.0. The topological polar surface area (TPSA) is 94.2 Å². The number of imidazole rings is 1. The lowest BCUT2D eigenvalue weighted by Gasteiger charge is -2.14. The molecule has 1 amide bonds. The Morgan fingerprint density at radius 2 is 1.88 bits per heavy atom. The highest BCUT2D eigenvalue weighted by Gasteiger charge is 2.15. The van der Waals surface area contributed by atoms with Crippen LogP contribution in [0.15, 0.2) is 15.9 Å². The zero-order valence-corrected chi connectivity index (χ0v) is 14.7. The first-order valence-corrected chi connectivity index (χ1v) is 8.59. The molecule has 1 N–H and O–H groups in total. The number of carbonyl (C=O) groups excluding carboxylic acids is 1. The minimum Gasteiger partial charge on any atom is -0.355 e. The molecule has 136 valence electrons. The highest BCUT2D eigenvalue weighted by atomic mass is 16.2. The van der Waals surface area contributed by atoms with Gasteiger partial charge in [-0.1, -0.05) is 0 Å². The number of hydrogen-bond acceptors (Lipinski definition) is 5. The summed E-state index contributed by atoms with van der Waals surface area (Å²) in [4.78, 5) is 42.8. The fourth-order valence-electron chi connectivity index (χ4n) is 3.24. The molecule has 9 nitrogen and oxygen atoms in total. The Labute approximate surface area is 144 Å². The Kier molecular flexibility index (Phi) is 5.03. The van der Waals surface area contributed by atoms with E-state index < -0.39 is 11.2 Å². The molecule has 1 saturated heterocycles. The molecule has 0 spiro atoms. The van der Waals surface area contributed by atoms with Gasteiger partial charge in [0, 0.05) is 40.2 Å². The number of likely N-dealkylation sites (tertiary alicyclic amines) is 1. The van der Waals surface area contributed by atoms with Crippen molar-refractivity contribution in [1.29, 1.82) is 0 Å². The van der Waals surface area contributed by atoms with E-state index in [-0.39, 0.29) is 12.3 Å². The van der Waals surface area contributed by atoms with Gasteiger partial charge in [-0.25, -0.2) is 9.78 Å². The number of fused-ring (bicyclic) bond motifs is 1. The second-order valence-electron chi connectivity index (χ2n) is 6.46. The lowest BCUT2D eigenvalue weighted by atomic mass is 10.3. The lowest BCUT2D eigenvalue weighted by Crippen LogP contribution is -2.37. The summed E-state index contributed by atoms with van der Waals surface area (Å²) in [6.45, 7) is 4.08.